The summed E-state index contributed by atoms with van der Waals surface area (Å²) >= 11 is 0. The molecule has 2 aliphatic rings. The van der Waals surface area contributed by atoms with E-state index >= 15 is 0 Å². The van der Waals surface area contributed by atoms with Gasteiger partial charge in [0.1, 0.15) is 11.9 Å². The van der Waals surface area contributed by atoms with Gasteiger partial charge >= 0.3 is 6.18 Å². The maximum absolute atomic E-state index is 14.4. The number of carbonyl (C=O) groups is 3. The van der Waals surface area contributed by atoms with E-state index in [-0.39, 0.29) is 24.6 Å². The summed E-state index contributed by atoms with van der Waals surface area (Å²) in [6.07, 6.45) is -2.80. The highest BCUT2D eigenvalue weighted by Crippen LogP contribution is 2.43. The molecule has 2 aliphatic heterocycles. The summed E-state index contributed by atoms with van der Waals surface area (Å²) in [6, 6.07) is 19.7. The molecule has 0 spiro atoms. The molecule has 2 atom stereocenters. The molecule has 0 saturated carbocycles. The van der Waals surface area contributed by atoms with E-state index < -0.39 is 35.5 Å². The van der Waals surface area contributed by atoms with Gasteiger partial charge in [-0.25, -0.2) is 4.68 Å². The molecule has 3 amide bonds. The Hall–Kier alpha value is -5.23. The lowest BCUT2D eigenvalue weighted by atomic mass is 9.80. The van der Waals surface area contributed by atoms with Crippen LogP contribution in [0.3, 0.4) is 0 Å². The molecule has 3 N–H and O–H groups in total. The van der Waals surface area contributed by atoms with Crippen molar-refractivity contribution in [1.29, 1.82) is 0 Å². The molecule has 0 radical (unpaired) electrons. The molecule has 0 aliphatic carbocycles. The Labute approximate surface area is 269 Å². The highest BCUT2D eigenvalue weighted by atomic mass is 19.4. The number of nitrogens with one attached hydrogen (secondary N) is 3. The van der Waals surface area contributed by atoms with Crippen LogP contribution < -0.4 is 20.9 Å². The lowest BCUT2D eigenvalue weighted by Crippen LogP contribution is -2.55. The molecule has 0 fully saturated rings. The van der Waals surface area contributed by atoms with Crippen LogP contribution in [0, 0.1) is 6.92 Å². The molecule has 4 aromatic rings. The number of amides is 3. The number of hydrogen-bond donors (Lipinski definition) is 3. The lowest BCUT2D eigenvalue weighted by molar-refractivity contribution is -0.137. The third-order valence-electron chi connectivity index (χ3n) is 8.43. The normalized spacial score (nSPS) is 17.7. The van der Waals surface area contributed by atoms with Crippen LogP contribution in [0.25, 0.3) is 5.69 Å². The summed E-state index contributed by atoms with van der Waals surface area (Å²) in [6.45, 7) is 5.24. The first-order chi connectivity index (χ1) is 22.6. The zero-order valence-electron chi connectivity index (χ0n) is 25.8. The largest absolute Gasteiger partial charge is 0.416 e. The Balaban J connectivity index is 1.43. The fraction of sp³-hybridized carbons (Fsp3) is 0.257. The third-order valence-corrected chi connectivity index (χ3v) is 8.43. The van der Waals surface area contributed by atoms with Crippen molar-refractivity contribution >= 4 is 23.5 Å². The van der Waals surface area contributed by atoms with Crippen molar-refractivity contribution in [2.24, 2.45) is 0 Å². The second-order valence-electron chi connectivity index (χ2n) is 11.4. The van der Waals surface area contributed by atoms with Crippen molar-refractivity contribution in [1.82, 2.24) is 25.7 Å². The smallest absolute Gasteiger partial charge is 0.348 e. The number of halogens is 3. The monoisotopic (exact) mass is 642 g/mol. The molecule has 9 nitrogen and oxygen atoms in total. The van der Waals surface area contributed by atoms with Crippen LogP contribution in [-0.4, -0.2) is 53.2 Å². The van der Waals surface area contributed by atoms with E-state index in [1.807, 2.05) is 74.5 Å². The molecule has 0 bridgehead atoms. The van der Waals surface area contributed by atoms with E-state index in [0.717, 1.165) is 29.4 Å². The number of rotatable bonds is 8. The van der Waals surface area contributed by atoms with Crippen LogP contribution in [0.2, 0.25) is 0 Å². The van der Waals surface area contributed by atoms with E-state index in [1.165, 1.54) is 6.07 Å². The molecule has 6 rings (SSSR count). The maximum Gasteiger partial charge on any atom is 0.416 e. The van der Waals surface area contributed by atoms with Gasteiger partial charge in [-0.3, -0.25) is 19.3 Å². The number of anilines is 1. The number of fused-ring (bicyclic) bond motifs is 1. The number of hydrogen-bond acceptors (Lipinski definition) is 5. The molecular formula is C35H33F3N6O3. The minimum absolute atomic E-state index is 0.180. The zero-order chi connectivity index (χ0) is 33.3. The van der Waals surface area contributed by atoms with Gasteiger partial charge in [-0.05, 0) is 55.3 Å². The Kier molecular flexibility index (Phi) is 8.69. The molecule has 3 heterocycles. The lowest BCUT2D eigenvalue weighted by Gasteiger charge is -2.38. The van der Waals surface area contributed by atoms with Crippen molar-refractivity contribution in [3.63, 3.8) is 0 Å². The van der Waals surface area contributed by atoms with Gasteiger partial charge in [0.05, 0.1) is 16.9 Å². The van der Waals surface area contributed by atoms with Crippen LogP contribution in [0.5, 0.6) is 0 Å². The van der Waals surface area contributed by atoms with Gasteiger partial charge in [0.2, 0.25) is 5.91 Å². The Morgan fingerprint density at radius 2 is 1.77 bits per heavy atom. The number of likely N-dealkylation sites (N-methyl/N-ethyl adjacent to an activating group) is 1. The van der Waals surface area contributed by atoms with Gasteiger partial charge in [-0.15, -0.1) is 0 Å². The summed E-state index contributed by atoms with van der Waals surface area (Å²) in [5.41, 5.74) is 2.98. The maximum atomic E-state index is 14.4. The number of para-hydroxylation sites is 1. The average molecular weight is 643 g/mol. The zero-order valence-corrected chi connectivity index (χ0v) is 25.8. The van der Waals surface area contributed by atoms with E-state index in [1.54, 1.807) is 9.58 Å². The van der Waals surface area contributed by atoms with E-state index in [2.05, 4.69) is 16.0 Å². The molecular weight excluding hydrogens is 609 g/mol. The number of alkyl halides is 3. The predicted octanol–water partition coefficient (Wildman–Crippen LogP) is 4.64. The van der Waals surface area contributed by atoms with Crippen LogP contribution in [0.15, 0.2) is 90.5 Å². The second-order valence-corrected chi connectivity index (χ2v) is 11.4. The van der Waals surface area contributed by atoms with E-state index in [4.69, 9.17) is 5.10 Å². The Bertz CT molecular complexity index is 1870. The fourth-order valence-electron chi connectivity index (χ4n) is 6.19. The minimum atomic E-state index is -4.64. The molecule has 3 aromatic carbocycles. The van der Waals surface area contributed by atoms with Gasteiger partial charge < -0.3 is 16.0 Å². The van der Waals surface area contributed by atoms with Crippen LogP contribution in [-0.2, 0) is 22.3 Å². The van der Waals surface area contributed by atoms with Gasteiger partial charge in [-0.1, -0.05) is 54.6 Å². The van der Waals surface area contributed by atoms with E-state index in [0.29, 0.717) is 41.3 Å². The highest BCUT2D eigenvalue weighted by Gasteiger charge is 2.45. The Morgan fingerprint density at radius 1 is 1.00 bits per heavy atom. The van der Waals surface area contributed by atoms with Crippen LogP contribution in [0.1, 0.15) is 51.1 Å². The fourth-order valence-corrected chi connectivity index (χ4v) is 6.19. The first-order valence-corrected chi connectivity index (χ1v) is 15.3. The SMILES string of the molecule is CCN1C(=O)[C@H](NC(=O)c2cccc(C(F)(F)F)c2)[C@@H](c2cccc(CNC(=O)C3=CCNC3)c2)c2c(C)nn(-c3ccccc3)c21. The van der Waals surface area contributed by atoms with Crippen molar-refractivity contribution in [2.45, 2.75) is 38.5 Å². The van der Waals surface area contributed by atoms with Gasteiger partial charge in [0.15, 0.2) is 0 Å². The number of aryl methyl sites for hydroxylation is 1. The molecule has 242 valence electrons. The van der Waals surface area contributed by atoms with Crippen molar-refractivity contribution in [3.05, 3.63) is 124 Å². The van der Waals surface area contributed by atoms with Crippen molar-refractivity contribution < 1.29 is 27.6 Å². The van der Waals surface area contributed by atoms with Gasteiger partial charge in [-0.2, -0.15) is 18.3 Å². The number of carbonyl (C=O) groups excluding carboxylic acids is 3. The number of aromatic nitrogens is 2. The standard InChI is InChI=1S/C35H33F3N6O3/c1-3-43-33-28(21(2)42-44(33)27-13-5-4-6-14-27)29(23-10-7-9-22(17-23)19-40-31(45)25-15-16-39-20-25)30(34(43)47)41-32(46)24-11-8-12-26(18-24)35(36,37)38/h4-15,17-18,29-30,39H,3,16,19-20H2,1-2H3,(H,40,45)(H,41,46)/t29-,30+/m0/s1. The average Bonchev–Trinajstić information content (AvgIpc) is 3.73. The third kappa shape index (κ3) is 6.28. The summed E-state index contributed by atoms with van der Waals surface area (Å²) < 4.78 is 42.2. The quantitative estimate of drug-likeness (QED) is 0.260. The topological polar surface area (TPSA) is 108 Å². The number of benzene rings is 3. The number of nitrogens with zero attached hydrogens (tertiary/aromatic N) is 3. The molecule has 47 heavy (non-hydrogen) atoms. The molecule has 12 heteroatoms. The first kappa shape index (κ1) is 31.7. The summed E-state index contributed by atoms with van der Waals surface area (Å²) in [5.74, 6) is -1.61. The minimum Gasteiger partial charge on any atom is -0.348 e. The van der Waals surface area contributed by atoms with Crippen LogP contribution >= 0.6 is 0 Å². The second kappa shape index (κ2) is 12.9. The summed E-state index contributed by atoms with van der Waals surface area (Å²) in [4.78, 5) is 42.1. The van der Waals surface area contributed by atoms with Crippen molar-refractivity contribution in [2.75, 3.05) is 24.5 Å². The summed E-state index contributed by atoms with van der Waals surface area (Å²) in [7, 11) is 0. The molecule has 0 unspecified atom stereocenters. The first-order valence-electron chi connectivity index (χ1n) is 15.3. The van der Waals surface area contributed by atoms with E-state index in [9.17, 15) is 27.6 Å². The van der Waals surface area contributed by atoms with Gasteiger partial charge in [0.25, 0.3) is 11.8 Å². The Morgan fingerprint density at radius 3 is 2.47 bits per heavy atom. The van der Waals surface area contributed by atoms with Crippen LogP contribution in [0.4, 0.5) is 19.0 Å². The molecule has 0 saturated heterocycles. The van der Waals surface area contributed by atoms with Gasteiger partial charge in [0, 0.05) is 48.8 Å². The van der Waals surface area contributed by atoms with Crippen molar-refractivity contribution in [3.8, 4) is 5.69 Å². The highest BCUT2D eigenvalue weighted by molar-refractivity contribution is 6.05. The molecule has 1 aromatic heterocycles. The summed E-state index contributed by atoms with van der Waals surface area (Å²) in [5, 5.41) is 13.6. The predicted molar refractivity (Wildman–Crippen MR) is 170 cm³/mol.